The molecule has 2 rings (SSSR count). The Labute approximate surface area is 141 Å². The van der Waals surface area contributed by atoms with Crippen LogP contribution in [0.25, 0.3) is 0 Å². The van der Waals surface area contributed by atoms with E-state index in [1.807, 2.05) is 0 Å². The van der Waals surface area contributed by atoms with Crippen molar-refractivity contribution in [3.8, 4) is 0 Å². The van der Waals surface area contributed by atoms with Crippen LogP contribution >= 0.6 is 0 Å². The average molecular weight is 327 g/mol. The number of nitro groups is 1. The van der Waals surface area contributed by atoms with Crippen LogP contribution in [0.15, 0.2) is 36.4 Å². The van der Waals surface area contributed by atoms with Gasteiger partial charge in [0, 0.05) is 31.4 Å². The van der Waals surface area contributed by atoms with E-state index in [1.165, 1.54) is 35.9 Å². The van der Waals surface area contributed by atoms with Gasteiger partial charge in [0.1, 0.15) is 0 Å². The first-order valence-electron chi connectivity index (χ1n) is 7.73. The molecule has 0 radical (unpaired) electrons. The zero-order valence-electron chi connectivity index (χ0n) is 14.1. The van der Waals surface area contributed by atoms with E-state index in [9.17, 15) is 14.9 Å². The topological polar surface area (TPSA) is 84.3 Å². The molecule has 2 aromatic rings. The van der Waals surface area contributed by atoms with Crippen LogP contribution in [0.5, 0.6) is 0 Å². The largest absolute Gasteiger partial charge is 0.384 e. The molecule has 0 saturated carbocycles. The number of aryl methyl sites for hydroxylation is 2. The third-order valence-electron chi connectivity index (χ3n) is 3.89. The van der Waals surface area contributed by atoms with Crippen molar-refractivity contribution in [1.82, 2.24) is 5.32 Å². The lowest BCUT2D eigenvalue weighted by molar-refractivity contribution is -0.384. The smallest absolute Gasteiger partial charge is 0.270 e. The second-order valence-corrected chi connectivity index (χ2v) is 5.67. The minimum atomic E-state index is -0.508. The van der Waals surface area contributed by atoms with E-state index in [1.54, 1.807) is 6.07 Å². The summed E-state index contributed by atoms with van der Waals surface area (Å²) < 4.78 is 0. The molecule has 1 amide bonds. The number of carbonyl (C=O) groups excluding carboxylic acids is 1. The number of benzene rings is 2. The average Bonchev–Trinajstić information content (AvgIpc) is 2.56. The van der Waals surface area contributed by atoms with E-state index in [2.05, 4.69) is 42.7 Å². The predicted molar refractivity (Wildman–Crippen MR) is 94.6 cm³/mol. The quantitative estimate of drug-likeness (QED) is 0.630. The van der Waals surface area contributed by atoms with Crippen molar-refractivity contribution in [2.45, 2.75) is 20.3 Å². The molecule has 0 bridgehead atoms. The third-order valence-corrected chi connectivity index (χ3v) is 3.89. The first-order chi connectivity index (χ1) is 11.4. The lowest BCUT2D eigenvalue weighted by Crippen LogP contribution is -2.20. The molecule has 0 heterocycles. The summed E-state index contributed by atoms with van der Waals surface area (Å²) in [5.74, 6) is -0.354. The first kappa shape index (κ1) is 17.5. The number of hydrogen-bond acceptors (Lipinski definition) is 4. The number of anilines is 1. The fourth-order valence-corrected chi connectivity index (χ4v) is 2.58. The number of non-ortho nitro benzene ring substituents is 1. The zero-order chi connectivity index (χ0) is 17.7. The normalized spacial score (nSPS) is 10.3. The summed E-state index contributed by atoms with van der Waals surface area (Å²) in [4.78, 5) is 22.3. The monoisotopic (exact) mass is 327 g/mol. The molecule has 24 heavy (non-hydrogen) atoms. The van der Waals surface area contributed by atoms with Gasteiger partial charge in [0.15, 0.2) is 0 Å². The molecule has 0 aliphatic heterocycles. The van der Waals surface area contributed by atoms with Crippen LogP contribution in [0.1, 0.15) is 27.0 Å². The Morgan fingerprint density at radius 2 is 1.92 bits per heavy atom. The van der Waals surface area contributed by atoms with Crippen LogP contribution in [-0.2, 0) is 6.42 Å². The number of nitro benzene ring substituents is 1. The molecule has 6 nitrogen and oxygen atoms in total. The number of hydrogen-bond donors (Lipinski definition) is 2. The molecule has 6 heteroatoms. The second-order valence-electron chi connectivity index (χ2n) is 5.67. The number of nitrogens with zero attached hydrogens (tertiary/aromatic N) is 1. The molecule has 0 spiro atoms. The van der Waals surface area contributed by atoms with E-state index in [0.29, 0.717) is 12.2 Å². The third kappa shape index (κ3) is 4.10. The number of carbonyl (C=O) groups is 1. The standard InChI is InChI=1S/C18H21N3O3/c1-12-4-5-14(13(2)10-12)8-9-20-17-7-6-15(21(23)24)11-16(17)18(22)19-3/h4-7,10-11,20H,8-9H2,1-3H3,(H,19,22). The van der Waals surface area contributed by atoms with Crippen LogP contribution in [0.3, 0.4) is 0 Å². The van der Waals surface area contributed by atoms with Crippen LogP contribution in [0.2, 0.25) is 0 Å². The Bertz CT molecular complexity index is 772. The lowest BCUT2D eigenvalue weighted by atomic mass is 10.0. The maximum Gasteiger partial charge on any atom is 0.270 e. The van der Waals surface area contributed by atoms with Gasteiger partial charge in [0.2, 0.25) is 0 Å². The van der Waals surface area contributed by atoms with Crippen molar-refractivity contribution in [1.29, 1.82) is 0 Å². The molecule has 2 aromatic carbocycles. The molecule has 0 aromatic heterocycles. The fourth-order valence-electron chi connectivity index (χ4n) is 2.58. The van der Waals surface area contributed by atoms with Crippen molar-refractivity contribution in [3.63, 3.8) is 0 Å². The second kappa shape index (κ2) is 7.59. The van der Waals surface area contributed by atoms with Crippen molar-refractivity contribution < 1.29 is 9.72 Å². The highest BCUT2D eigenvalue weighted by atomic mass is 16.6. The van der Waals surface area contributed by atoms with Gasteiger partial charge >= 0.3 is 0 Å². The highest BCUT2D eigenvalue weighted by Gasteiger charge is 2.15. The molecule has 0 unspecified atom stereocenters. The van der Waals surface area contributed by atoms with Gasteiger partial charge in [-0.1, -0.05) is 23.8 Å². The van der Waals surface area contributed by atoms with Gasteiger partial charge < -0.3 is 10.6 Å². The molecule has 0 fully saturated rings. The van der Waals surface area contributed by atoms with Gasteiger partial charge in [-0.05, 0) is 37.5 Å². The van der Waals surface area contributed by atoms with E-state index < -0.39 is 4.92 Å². The minimum Gasteiger partial charge on any atom is -0.384 e. The Morgan fingerprint density at radius 3 is 2.54 bits per heavy atom. The van der Waals surface area contributed by atoms with Crippen LogP contribution < -0.4 is 10.6 Å². The Morgan fingerprint density at radius 1 is 1.17 bits per heavy atom. The lowest BCUT2D eigenvalue weighted by Gasteiger charge is -2.12. The molecule has 0 aliphatic carbocycles. The summed E-state index contributed by atoms with van der Waals surface area (Å²) >= 11 is 0. The molecule has 0 aliphatic rings. The van der Waals surface area contributed by atoms with Crippen molar-refractivity contribution >= 4 is 17.3 Å². The number of nitrogens with one attached hydrogen (secondary N) is 2. The summed E-state index contributed by atoms with van der Waals surface area (Å²) in [7, 11) is 1.50. The fraction of sp³-hybridized carbons (Fsp3) is 0.278. The Balaban J connectivity index is 2.14. The van der Waals surface area contributed by atoms with Gasteiger partial charge in [-0.3, -0.25) is 14.9 Å². The van der Waals surface area contributed by atoms with E-state index in [0.717, 1.165) is 6.42 Å². The number of rotatable bonds is 6. The van der Waals surface area contributed by atoms with Crippen molar-refractivity contribution in [3.05, 3.63) is 68.8 Å². The van der Waals surface area contributed by atoms with Crippen LogP contribution in [0.4, 0.5) is 11.4 Å². The Hall–Kier alpha value is -2.89. The molecular weight excluding hydrogens is 306 g/mol. The summed E-state index contributed by atoms with van der Waals surface area (Å²) in [5.41, 5.74) is 4.44. The molecular formula is C18H21N3O3. The molecule has 2 N–H and O–H groups in total. The van der Waals surface area contributed by atoms with Gasteiger partial charge in [-0.2, -0.15) is 0 Å². The molecule has 126 valence electrons. The maximum absolute atomic E-state index is 12.0. The number of amides is 1. The summed E-state index contributed by atoms with van der Waals surface area (Å²) in [6, 6.07) is 10.6. The van der Waals surface area contributed by atoms with Gasteiger partial charge in [-0.25, -0.2) is 0 Å². The van der Waals surface area contributed by atoms with Gasteiger partial charge in [-0.15, -0.1) is 0 Å². The Kier molecular flexibility index (Phi) is 5.52. The van der Waals surface area contributed by atoms with Crippen LogP contribution in [0, 0.1) is 24.0 Å². The van der Waals surface area contributed by atoms with Crippen molar-refractivity contribution in [2.24, 2.45) is 0 Å². The van der Waals surface area contributed by atoms with E-state index in [-0.39, 0.29) is 17.2 Å². The van der Waals surface area contributed by atoms with Crippen LogP contribution in [-0.4, -0.2) is 24.4 Å². The predicted octanol–water partition coefficient (Wildman–Crippen LogP) is 3.23. The zero-order valence-corrected chi connectivity index (χ0v) is 14.1. The maximum atomic E-state index is 12.0. The SMILES string of the molecule is CNC(=O)c1cc([N+](=O)[O-])ccc1NCCc1ccc(C)cc1C. The van der Waals surface area contributed by atoms with Gasteiger partial charge in [0.05, 0.1) is 10.5 Å². The van der Waals surface area contributed by atoms with Crippen molar-refractivity contribution in [2.75, 3.05) is 18.9 Å². The molecule has 0 atom stereocenters. The highest BCUT2D eigenvalue weighted by molar-refractivity contribution is 6.00. The molecule has 0 saturated heterocycles. The first-order valence-corrected chi connectivity index (χ1v) is 7.73. The summed E-state index contributed by atoms with van der Waals surface area (Å²) in [6.07, 6.45) is 0.802. The summed E-state index contributed by atoms with van der Waals surface area (Å²) in [5, 5.41) is 16.6. The van der Waals surface area contributed by atoms with Gasteiger partial charge in [0.25, 0.3) is 11.6 Å². The highest BCUT2D eigenvalue weighted by Crippen LogP contribution is 2.22. The minimum absolute atomic E-state index is 0.103. The van der Waals surface area contributed by atoms with E-state index in [4.69, 9.17) is 0 Å². The van der Waals surface area contributed by atoms with E-state index >= 15 is 0 Å². The summed E-state index contributed by atoms with van der Waals surface area (Å²) in [6.45, 7) is 4.76.